The average Bonchev–Trinajstić information content (AvgIpc) is 1.59. The lowest BCUT2D eigenvalue weighted by molar-refractivity contribution is -0.865. The Kier molecular flexibility index (Phi) is 26.1. The van der Waals surface area contributed by atoms with Gasteiger partial charge in [-0.3, -0.25) is 28.1 Å². The molecule has 0 bridgehead atoms. The van der Waals surface area contributed by atoms with Crippen molar-refractivity contribution in [1.29, 1.82) is 0 Å². The van der Waals surface area contributed by atoms with Gasteiger partial charge in [-0.25, -0.2) is 58.0 Å². The molecule has 3 saturated carbocycles. The van der Waals surface area contributed by atoms with Gasteiger partial charge in [-0.1, -0.05) is 72.8 Å². The molecule has 3 unspecified atom stereocenters. The zero-order chi connectivity index (χ0) is 93.6. The fraction of sp³-hybridized carbons (Fsp3) is 0.212. The van der Waals surface area contributed by atoms with Gasteiger partial charge >= 0.3 is 17.1 Å². The number of amides is 3. The summed E-state index contributed by atoms with van der Waals surface area (Å²) in [6.07, 6.45) is 18.6. The van der Waals surface area contributed by atoms with Crippen LogP contribution in [0.4, 0.5) is 34.5 Å². The highest BCUT2D eigenvalue weighted by atomic mass is 16.6. The number of imidazole rings is 3. The van der Waals surface area contributed by atoms with Crippen LogP contribution in [0, 0.1) is 22.5 Å². The summed E-state index contributed by atoms with van der Waals surface area (Å²) in [5, 5.41) is 37.8. The van der Waals surface area contributed by atoms with E-state index in [0.717, 1.165) is 49.7 Å². The van der Waals surface area contributed by atoms with Crippen LogP contribution in [0.5, 0.6) is 34.5 Å². The van der Waals surface area contributed by atoms with Crippen molar-refractivity contribution in [3.05, 3.63) is 338 Å². The number of likely N-dealkylation sites (N-methyl/N-ethyl adjacent to an activating group) is 6. The van der Waals surface area contributed by atoms with E-state index >= 15 is 0 Å². The smallest absolute Gasteiger partial charge is 0.339 e. The summed E-state index contributed by atoms with van der Waals surface area (Å²) in [4.78, 5) is 111. The standard InChI is InChI=1S/C33H33N7O5.2C33H33N7O4/c1-37(29(41)10-7-17-40(2,43)25-13-14-25)23-18-24(20-28(19-23)44-3)39-32-30(31(34)35-21-36-32)38(33(39)42)22-11-15-27(16-12-22)45-26-8-5-4-6-9-26;1-22-18-24(37(2)29(41)10-7-17-40(3,43)26-13-14-26)20-25(19-22)39-32-30(31(34)35-21-36-32)38(33(39)42)23-11-15-28(16-12-23)44-27-8-5-4-6-9-27;1-37(29(41)12-7-19-40(2,43)27-15-16-27)25-10-6-11-26(20-25)39-32-30(31(34)35-22-36-32)38(33(39)42)24-13-17-28(18-14-24)44-21-23-8-4-3-5-9-23/h4-12,15-16,18-21,25H,13-14,17H2,1-3H3,(H2,34,35,36);4-12,15-16,18-21,26H,13-14,17H2,1-3H3,(H2,34,35,36);3-14,17-18,20,22,27H,15-16,19,21H2,1-2H3,(H2,34,35,36)/b2*10-7+;12-7+. The first-order valence-corrected chi connectivity index (χ1v) is 43.1. The fourth-order valence-corrected chi connectivity index (χ4v) is 15.6. The molecule has 0 spiro atoms. The molecule has 133 heavy (non-hydrogen) atoms. The summed E-state index contributed by atoms with van der Waals surface area (Å²) in [6, 6.07) is 67.7. The first-order valence-electron chi connectivity index (χ1n) is 43.1. The van der Waals surface area contributed by atoms with Crippen molar-refractivity contribution in [1.82, 2.24) is 57.3 Å². The van der Waals surface area contributed by atoms with Gasteiger partial charge in [-0.2, -0.15) is 0 Å². The van der Waals surface area contributed by atoms with Gasteiger partial charge in [0.25, 0.3) is 17.7 Å². The van der Waals surface area contributed by atoms with Gasteiger partial charge in [-0.05, 0) is 176 Å². The highest BCUT2D eigenvalue weighted by Gasteiger charge is 2.37. The number of hydrogen-bond donors (Lipinski definition) is 3. The Balaban J connectivity index is 0.000000145. The highest BCUT2D eigenvalue weighted by Crippen LogP contribution is 2.37. The number of benzene rings is 9. The van der Waals surface area contributed by atoms with Crippen LogP contribution in [-0.4, -0.2) is 176 Å². The van der Waals surface area contributed by atoms with Crippen LogP contribution < -0.4 is 67.9 Å². The third kappa shape index (κ3) is 20.2. The third-order valence-corrected chi connectivity index (χ3v) is 23.5. The Morgan fingerprint density at radius 1 is 0.383 bits per heavy atom. The molecule has 0 radical (unpaired) electrons. The number of aryl methyl sites for hydroxylation is 1. The lowest BCUT2D eigenvalue weighted by Crippen LogP contribution is -2.40. The molecule has 3 fully saturated rings. The number of hydroxylamine groups is 9. The number of nitrogens with zero attached hydrogens (tertiary/aromatic N) is 18. The zero-order valence-electron chi connectivity index (χ0n) is 74.5. The Bertz CT molecular complexity index is 7100. The van der Waals surface area contributed by atoms with Crippen LogP contribution in [0.3, 0.4) is 0 Å². The van der Waals surface area contributed by atoms with E-state index in [9.17, 15) is 44.4 Å². The van der Waals surface area contributed by atoms with Crippen molar-refractivity contribution in [2.75, 3.05) is 101 Å². The van der Waals surface area contributed by atoms with Crippen LogP contribution in [0.25, 0.3) is 67.6 Å². The van der Waals surface area contributed by atoms with E-state index in [-0.39, 0.29) is 87.9 Å². The fourth-order valence-electron chi connectivity index (χ4n) is 15.6. The number of hydrogen-bond acceptors (Lipinski definition) is 22. The summed E-state index contributed by atoms with van der Waals surface area (Å²) < 4.78 is 30.8. The van der Waals surface area contributed by atoms with Crippen molar-refractivity contribution in [2.24, 2.45) is 0 Å². The van der Waals surface area contributed by atoms with Crippen LogP contribution in [0.1, 0.15) is 49.7 Å². The summed E-state index contributed by atoms with van der Waals surface area (Å²) in [6.45, 7) is 2.99. The van der Waals surface area contributed by atoms with Crippen LogP contribution in [0.15, 0.2) is 294 Å². The molecule has 6 N–H and O–H groups in total. The van der Waals surface area contributed by atoms with Crippen LogP contribution in [0.2, 0.25) is 0 Å². The Morgan fingerprint density at radius 2 is 0.722 bits per heavy atom. The minimum Gasteiger partial charge on any atom is -0.633 e. The van der Waals surface area contributed by atoms with E-state index in [1.54, 1.807) is 182 Å². The Labute approximate surface area is 764 Å². The number of aromatic nitrogens is 12. The maximum absolute atomic E-state index is 14.1. The number of nitrogens with two attached hydrogens (primary N) is 3. The van der Waals surface area contributed by atoms with Gasteiger partial charge in [0.2, 0.25) is 0 Å². The second-order valence-electron chi connectivity index (χ2n) is 33.3. The molecule has 9 aromatic carbocycles. The average molecular weight is 1790 g/mol. The number of nitrogen functional groups attached to an aromatic ring is 3. The Hall–Kier alpha value is -16.0. The van der Waals surface area contributed by atoms with E-state index in [1.807, 2.05) is 110 Å². The van der Waals surface area contributed by atoms with Gasteiger partial charge < -0.3 is 80.4 Å². The summed E-state index contributed by atoms with van der Waals surface area (Å²) in [7, 11) is 11.3. The van der Waals surface area contributed by atoms with E-state index in [1.165, 1.54) is 86.4 Å². The molecule has 34 nitrogen and oxygen atoms in total. The minimum absolute atomic E-state index is 0.0993. The second-order valence-corrected chi connectivity index (χ2v) is 33.3. The molecule has 3 amide bonds. The van der Waals surface area contributed by atoms with Crippen LogP contribution >= 0.6 is 0 Å². The number of rotatable bonds is 29. The third-order valence-electron chi connectivity index (χ3n) is 23.5. The monoisotopic (exact) mass is 1790 g/mol. The Morgan fingerprint density at radius 3 is 1.11 bits per heavy atom. The lowest BCUT2D eigenvalue weighted by atomic mass is 10.1. The largest absolute Gasteiger partial charge is 0.633 e. The minimum atomic E-state index is -0.449. The molecule has 15 aromatic rings. The molecule has 3 atom stereocenters. The highest BCUT2D eigenvalue weighted by molar-refractivity contribution is 6.03. The summed E-state index contributed by atoms with van der Waals surface area (Å²) >= 11 is 0. The number of ether oxygens (including phenoxy) is 4. The number of anilines is 6. The first kappa shape index (κ1) is 90.4. The molecule has 34 heteroatoms. The lowest BCUT2D eigenvalue weighted by Gasteiger charge is -2.38. The van der Waals surface area contributed by atoms with E-state index in [4.69, 9.17) is 36.1 Å². The molecule has 0 saturated heterocycles. The van der Waals surface area contributed by atoms with Crippen molar-refractivity contribution in [3.63, 3.8) is 0 Å². The number of carbonyl (C=O) groups excluding carboxylic acids is 3. The van der Waals surface area contributed by atoms with E-state index in [2.05, 4.69) is 29.9 Å². The molecule has 6 aromatic heterocycles. The first-order chi connectivity index (χ1) is 64.0. The van der Waals surface area contributed by atoms with Crippen molar-refractivity contribution < 1.29 is 47.3 Å². The van der Waals surface area contributed by atoms with Crippen molar-refractivity contribution in [3.8, 4) is 68.6 Å². The molecular formula is C99H99N21O13. The predicted octanol–water partition coefficient (Wildman–Crippen LogP) is 13.8. The molecular weight excluding hydrogens is 1690 g/mol. The number of quaternary nitrogens is 3. The summed E-state index contributed by atoms with van der Waals surface area (Å²) in [5.41, 5.74) is 26.2. The van der Waals surface area contributed by atoms with Gasteiger partial charge in [-0.15, -0.1) is 0 Å². The number of carbonyl (C=O) groups is 3. The van der Waals surface area contributed by atoms with Gasteiger partial charge in [0.1, 0.15) is 76.6 Å². The van der Waals surface area contributed by atoms with E-state index < -0.39 is 21.7 Å². The zero-order valence-corrected chi connectivity index (χ0v) is 74.5. The van der Waals surface area contributed by atoms with E-state index in [0.29, 0.717) is 120 Å². The predicted molar refractivity (Wildman–Crippen MR) is 512 cm³/mol. The molecule has 18 rings (SSSR count). The number of fused-ring (bicyclic) bond motifs is 3. The van der Waals surface area contributed by atoms with Gasteiger partial charge in [0, 0.05) is 107 Å². The molecule has 3 aliphatic rings. The molecule has 0 aliphatic heterocycles. The van der Waals surface area contributed by atoms with Crippen molar-refractivity contribution in [2.45, 2.75) is 70.2 Å². The van der Waals surface area contributed by atoms with Crippen molar-refractivity contribution >= 4 is 85.7 Å². The maximum Gasteiger partial charge on any atom is 0.339 e. The maximum atomic E-state index is 14.1. The topological polar surface area (TPSA) is 403 Å². The van der Waals surface area contributed by atoms with Gasteiger partial charge in [0.15, 0.2) is 34.4 Å². The quantitative estimate of drug-likeness (QED) is 0.0223. The number of para-hydroxylation sites is 2. The second kappa shape index (κ2) is 38.4. The normalized spacial score (nSPS) is 14.5. The van der Waals surface area contributed by atoms with Gasteiger partial charge in [0.05, 0.1) is 100 Å². The SMILES string of the molecule is CN(C(=O)/C=C/C[N+](C)([O-])C1CC1)c1cccc(-n2c(=O)n(-c3ccc(OCc4ccccc4)cc3)c3c(N)ncnc32)c1.COc1cc(N(C)C(=O)/C=C/C[N+](C)([O-])C2CC2)cc(-n2c(=O)n(-c3ccc(Oc4ccccc4)cc3)c3c(N)ncnc32)c1.Cc1cc(N(C)C(=O)/C=C/C[N+](C)([O-])C2CC2)cc(-n2c(=O)n(-c3ccc(Oc4ccccc4)cc3)c3c(N)ncnc32)c1. The molecule has 3 aliphatic carbocycles. The van der Waals surface area contributed by atoms with Crippen LogP contribution in [-0.2, 0) is 21.0 Å². The molecule has 6 heterocycles. The summed E-state index contributed by atoms with van der Waals surface area (Å²) in [5.74, 6) is 3.18. The number of methoxy groups -OCH3 is 1. The molecule has 678 valence electrons.